The first-order chi connectivity index (χ1) is 10.1. The van der Waals surface area contributed by atoms with Gasteiger partial charge in [0.2, 0.25) is 0 Å². The first-order valence-electron chi connectivity index (χ1n) is 7.23. The highest BCUT2D eigenvalue weighted by atomic mass is 35.5. The molecule has 1 aliphatic rings. The molecule has 6 heteroatoms. The third kappa shape index (κ3) is 3.14. The SMILES string of the molecule is O=C(O)c1cn(C2CCCCCC2)nc1-c1ccc(Cl)s1. The van der Waals surface area contributed by atoms with Gasteiger partial charge >= 0.3 is 5.97 Å². The van der Waals surface area contributed by atoms with Gasteiger partial charge in [-0.05, 0) is 25.0 Å². The lowest BCUT2D eigenvalue weighted by atomic mass is 10.1. The molecule has 1 saturated carbocycles. The molecule has 1 N–H and O–H groups in total. The fourth-order valence-electron chi connectivity index (χ4n) is 2.88. The maximum absolute atomic E-state index is 11.5. The molecule has 3 rings (SSSR count). The van der Waals surface area contributed by atoms with E-state index < -0.39 is 5.97 Å². The van der Waals surface area contributed by atoms with Gasteiger partial charge in [-0.15, -0.1) is 11.3 Å². The number of aromatic carboxylic acids is 1. The van der Waals surface area contributed by atoms with Crippen LogP contribution in [0.3, 0.4) is 0 Å². The first-order valence-corrected chi connectivity index (χ1v) is 8.43. The van der Waals surface area contributed by atoms with Crippen LogP contribution < -0.4 is 0 Å². The van der Waals surface area contributed by atoms with Crippen molar-refractivity contribution in [2.24, 2.45) is 0 Å². The van der Waals surface area contributed by atoms with Crippen molar-refractivity contribution < 1.29 is 9.90 Å². The van der Waals surface area contributed by atoms with Crippen LogP contribution in [0.5, 0.6) is 0 Å². The van der Waals surface area contributed by atoms with E-state index in [1.165, 1.54) is 37.0 Å². The van der Waals surface area contributed by atoms with Crippen molar-refractivity contribution in [2.45, 2.75) is 44.6 Å². The zero-order valence-electron chi connectivity index (χ0n) is 11.6. The lowest BCUT2D eigenvalue weighted by Gasteiger charge is -2.14. The molecule has 2 aromatic rings. The average molecular weight is 325 g/mol. The van der Waals surface area contributed by atoms with Crippen LogP contribution in [0.1, 0.15) is 54.9 Å². The summed E-state index contributed by atoms with van der Waals surface area (Å²) in [5, 5.41) is 14.0. The normalized spacial score (nSPS) is 16.8. The highest BCUT2D eigenvalue weighted by molar-refractivity contribution is 7.19. The molecule has 4 nitrogen and oxygen atoms in total. The summed E-state index contributed by atoms with van der Waals surface area (Å²) in [6.45, 7) is 0. The monoisotopic (exact) mass is 324 g/mol. The second-order valence-corrected chi connectivity index (χ2v) is 7.14. The summed E-state index contributed by atoms with van der Waals surface area (Å²) in [5.74, 6) is -0.936. The average Bonchev–Trinajstić information content (AvgIpc) is 2.98. The number of carboxylic acid groups (broad SMARTS) is 1. The number of hydrogen-bond donors (Lipinski definition) is 1. The van der Waals surface area contributed by atoms with Crippen LogP contribution in [0.4, 0.5) is 0 Å². The predicted octanol–water partition coefficient (Wildman–Crippen LogP) is 4.86. The highest BCUT2D eigenvalue weighted by Crippen LogP contribution is 2.34. The number of carboxylic acids is 1. The molecule has 0 radical (unpaired) electrons. The first kappa shape index (κ1) is 14.6. The molecule has 1 fully saturated rings. The minimum absolute atomic E-state index is 0.262. The van der Waals surface area contributed by atoms with Crippen LogP contribution in [-0.4, -0.2) is 20.9 Å². The second-order valence-electron chi connectivity index (χ2n) is 5.43. The van der Waals surface area contributed by atoms with Crippen molar-refractivity contribution in [3.8, 4) is 10.6 Å². The number of halogens is 1. The third-order valence-corrected chi connectivity index (χ3v) is 5.21. The summed E-state index contributed by atoms with van der Waals surface area (Å²) < 4.78 is 2.50. The molecule has 0 spiro atoms. The van der Waals surface area contributed by atoms with E-state index in [9.17, 15) is 9.90 Å². The van der Waals surface area contributed by atoms with Gasteiger partial charge in [0.15, 0.2) is 0 Å². The molecule has 0 saturated heterocycles. The Balaban J connectivity index is 1.97. The Bertz CT molecular complexity index is 642. The van der Waals surface area contributed by atoms with Gasteiger partial charge in [0.1, 0.15) is 11.3 Å². The van der Waals surface area contributed by atoms with Gasteiger partial charge in [-0.2, -0.15) is 5.10 Å². The number of carbonyl (C=O) groups is 1. The van der Waals surface area contributed by atoms with Gasteiger partial charge in [0, 0.05) is 6.20 Å². The second kappa shape index (κ2) is 6.20. The number of aromatic nitrogens is 2. The van der Waals surface area contributed by atoms with E-state index >= 15 is 0 Å². The highest BCUT2D eigenvalue weighted by Gasteiger charge is 2.22. The van der Waals surface area contributed by atoms with Gasteiger partial charge in [-0.3, -0.25) is 4.68 Å². The molecule has 0 unspecified atom stereocenters. The van der Waals surface area contributed by atoms with Crippen molar-refractivity contribution in [2.75, 3.05) is 0 Å². The van der Waals surface area contributed by atoms with Crippen LogP contribution in [0.2, 0.25) is 4.34 Å². The summed E-state index contributed by atoms with van der Waals surface area (Å²) >= 11 is 7.32. The molecule has 21 heavy (non-hydrogen) atoms. The van der Waals surface area contributed by atoms with E-state index in [0.29, 0.717) is 16.1 Å². The molecule has 0 aliphatic heterocycles. The molecule has 0 bridgehead atoms. The largest absolute Gasteiger partial charge is 0.478 e. The lowest BCUT2D eigenvalue weighted by molar-refractivity contribution is 0.0697. The summed E-state index contributed by atoms with van der Waals surface area (Å²) in [4.78, 5) is 12.3. The number of thiophene rings is 1. The smallest absolute Gasteiger partial charge is 0.339 e. The summed E-state index contributed by atoms with van der Waals surface area (Å²) in [7, 11) is 0. The van der Waals surface area contributed by atoms with Crippen molar-refractivity contribution in [3.63, 3.8) is 0 Å². The van der Waals surface area contributed by atoms with E-state index in [2.05, 4.69) is 5.10 Å². The van der Waals surface area contributed by atoms with Crippen molar-refractivity contribution in [1.29, 1.82) is 0 Å². The van der Waals surface area contributed by atoms with Gasteiger partial charge < -0.3 is 5.11 Å². The van der Waals surface area contributed by atoms with Crippen LogP contribution in [0.25, 0.3) is 10.6 Å². The number of rotatable bonds is 3. The molecule has 0 amide bonds. The van der Waals surface area contributed by atoms with Crippen molar-refractivity contribution in [3.05, 3.63) is 28.2 Å². The Morgan fingerprint density at radius 1 is 1.29 bits per heavy atom. The molecular formula is C15H17ClN2O2S. The number of hydrogen-bond acceptors (Lipinski definition) is 3. The van der Waals surface area contributed by atoms with Crippen molar-refractivity contribution >= 4 is 28.9 Å². The topological polar surface area (TPSA) is 55.1 Å². The van der Waals surface area contributed by atoms with Crippen LogP contribution in [-0.2, 0) is 0 Å². The Morgan fingerprint density at radius 3 is 2.57 bits per heavy atom. The van der Waals surface area contributed by atoms with Crippen molar-refractivity contribution in [1.82, 2.24) is 9.78 Å². The van der Waals surface area contributed by atoms with Crippen LogP contribution in [0, 0.1) is 0 Å². The Kier molecular flexibility index (Phi) is 4.31. The molecule has 2 heterocycles. The summed E-state index contributed by atoms with van der Waals surface area (Å²) in [6.07, 6.45) is 8.73. The van der Waals surface area contributed by atoms with Gasteiger partial charge in [-0.1, -0.05) is 37.3 Å². The van der Waals surface area contributed by atoms with Gasteiger partial charge in [0.25, 0.3) is 0 Å². The molecule has 0 atom stereocenters. The van der Waals surface area contributed by atoms with E-state index in [1.807, 2.05) is 10.7 Å². The third-order valence-electron chi connectivity index (χ3n) is 3.97. The fourth-order valence-corrected chi connectivity index (χ4v) is 3.92. The lowest BCUT2D eigenvalue weighted by Crippen LogP contribution is -2.08. The van der Waals surface area contributed by atoms with Crippen LogP contribution >= 0.6 is 22.9 Å². The molecule has 0 aromatic carbocycles. The summed E-state index contributed by atoms with van der Waals surface area (Å²) in [6, 6.07) is 3.92. The minimum Gasteiger partial charge on any atom is -0.478 e. The van der Waals surface area contributed by atoms with E-state index in [4.69, 9.17) is 11.6 Å². The zero-order chi connectivity index (χ0) is 14.8. The Labute approximate surface area is 132 Å². The Hall–Kier alpha value is -1.33. The van der Waals surface area contributed by atoms with Gasteiger partial charge in [-0.25, -0.2) is 4.79 Å². The quantitative estimate of drug-likeness (QED) is 0.820. The van der Waals surface area contributed by atoms with Crippen LogP contribution in [0.15, 0.2) is 18.3 Å². The van der Waals surface area contributed by atoms with E-state index in [0.717, 1.165) is 17.7 Å². The molecular weight excluding hydrogens is 308 g/mol. The van der Waals surface area contributed by atoms with Gasteiger partial charge in [0.05, 0.1) is 15.3 Å². The maximum atomic E-state index is 11.5. The molecule has 2 aromatic heterocycles. The predicted molar refractivity (Wildman–Crippen MR) is 84.2 cm³/mol. The van der Waals surface area contributed by atoms with E-state index in [1.54, 1.807) is 12.3 Å². The Morgan fingerprint density at radius 2 is 2.00 bits per heavy atom. The molecule has 1 aliphatic carbocycles. The summed E-state index contributed by atoms with van der Waals surface area (Å²) in [5.41, 5.74) is 0.793. The number of nitrogens with zero attached hydrogens (tertiary/aromatic N) is 2. The molecule has 112 valence electrons. The van der Waals surface area contributed by atoms with E-state index in [-0.39, 0.29) is 5.56 Å². The minimum atomic E-state index is -0.936. The maximum Gasteiger partial charge on any atom is 0.339 e. The fraction of sp³-hybridized carbons (Fsp3) is 0.467. The standard InChI is InChI=1S/C15H17ClN2O2S/c16-13-8-7-12(21-13)14-11(15(19)20)9-18(17-14)10-5-3-1-2-4-6-10/h7-10H,1-6H2,(H,19,20). The zero-order valence-corrected chi connectivity index (χ0v) is 13.2.